The van der Waals surface area contributed by atoms with Crippen LogP contribution in [0.25, 0.3) is 0 Å². The van der Waals surface area contributed by atoms with Crippen molar-refractivity contribution in [3.8, 4) is 5.40 Å². The van der Waals surface area contributed by atoms with Gasteiger partial charge in [-0.15, -0.1) is 10.2 Å². The number of aryl methyl sites for hydroxylation is 1. The topological polar surface area (TPSA) is 90.7 Å². The normalized spacial score (nSPS) is 13.3. The summed E-state index contributed by atoms with van der Waals surface area (Å²) in [5, 5.41) is 25.9. The Morgan fingerprint density at radius 1 is 1.46 bits per heavy atom. The van der Waals surface area contributed by atoms with Gasteiger partial charge in [-0.2, -0.15) is 5.26 Å². The maximum absolute atomic E-state index is 12.1. The van der Waals surface area contributed by atoms with Crippen LogP contribution in [0.2, 0.25) is 0 Å². The second kappa shape index (κ2) is 7.88. The van der Waals surface area contributed by atoms with E-state index in [1.54, 1.807) is 0 Å². The molecule has 6 nitrogen and oxygen atoms in total. The molecule has 2 N–H and O–H groups in total. The molecule has 24 heavy (non-hydrogen) atoms. The molecule has 1 aliphatic carbocycles. The fraction of sp³-hybridized carbons (Fsp3) is 0.333. The molecule has 1 amide bonds. The van der Waals surface area contributed by atoms with Crippen LogP contribution in [0.4, 0.5) is 10.8 Å². The first-order valence-corrected chi connectivity index (χ1v) is 9.95. The second-order valence-electron chi connectivity index (χ2n) is 5.30. The minimum Gasteiger partial charge on any atom is -0.357 e. The van der Waals surface area contributed by atoms with E-state index in [2.05, 4.69) is 20.8 Å². The van der Waals surface area contributed by atoms with Crippen molar-refractivity contribution < 1.29 is 4.79 Å². The average molecular weight is 378 g/mol. The van der Waals surface area contributed by atoms with Gasteiger partial charge >= 0.3 is 0 Å². The molecule has 0 radical (unpaired) electrons. The van der Waals surface area contributed by atoms with Crippen molar-refractivity contribution in [1.29, 1.82) is 5.26 Å². The zero-order valence-corrected chi connectivity index (χ0v) is 15.4. The smallest absolute Gasteiger partial charge is 0.234 e. The zero-order valence-electron chi connectivity index (χ0n) is 12.9. The number of aromatic nitrogens is 2. The van der Waals surface area contributed by atoms with E-state index in [4.69, 9.17) is 5.26 Å². The van der Waals surface area contributed by atoms with Crippen LogP contribution >= 0.6 is 34.9 Å². The Bertz CT molecular complexity index is 782. The highest BCUT2D eigenvalue weighted by Gasteiger charge is 2.22. The van der Waals surface area contributed by atoms with Crippen LogP contribution in [0, 0.1) is 17.6 Å². The van der Waals surface area contributed by atoms with Gasteiger partial charge in [0.1, 0.15) is 5.40 Å². The Morgan fingerprint density at radius 3 is 3.00 bits per heavy atom. The highest BCUT2D eigenvalue weighted by Crippen LogP contribution is 2.30. The van der Waals surface area contributed by atoms with Gasteiger partial charge in [0.2, 0.25) is 11.0 Å². The van der Waals surface area contributed by atoms with Gasteiger partial charge in [0.15, 0.2) is 4.34 Å². The SMILES string of the molecule is Cc1cc(SC#N)ccc1NC(=O)CSc1nnc(NC2CC2)s1. The molecule has 1 aromatic heterocycles. The summed E-state index contributed by atoms with van der Waals surface area (Å²) in [5.41, 5.74) is 1.69. The average Bonchev–Trinajstić information content (AvgIpc) is 3.25. The number of hydrogen-bond donors (Lipinski definition) is 2. The number of thiocyanates is 1. The molecule has 0 spiro atoms. The van der Waals surface area contributed by atoms with Gasteiger partial charge in [-0.05, 0) is 55.3 Å². The lowest BCUT2D eigenvalue weighted by molar-refractivity contribution is -0.113. The summed E-state index contributed by atoms with van der Waals surface area (Å²) >= 11 is 3.96. The predicted octanol–water partition coefficient (Wildman–Crippen LogP) is 3.72. The molecule has 0 unspecified atom stereocenters. The van der Waals surface area contributed by atoms with Gasteiger partial charge in [-0.25, -0.2) is 0 Å². The first-order chi connectivity index (χ1) is 11.6. The summed E-state index contributed by atoms with van der Waals surface area (Å²) in [4.78, 5) is 13.0. The van der Waals surface area contributed by atoms with Crippen LogP contribution in [0.5, 0.6) is 0 Å². The van der Waals surface area contributed by atoms with E-state index in [1.807, 2.05) is 30.5 Å². The summed E-state index contributed by atoms with van der Waals surface area (Å²) in [6.45, 7) is 1.91. The Balaban J connectivity index is 1.50. The summed E-state index contributed by atoms with van der Waals surface area (Å²) < 4.78 is 0.783. The van der Waals surface area contributed by atoms with Crippen LogP contribution in [0.3, 0.4) is 0 Å². The van der Waals surface area contributed by atoms with Gasteiger partial charge < -0.3 is 10.6 Å². The number of benzene rings is 1. The molecule has 0 atom stereocenters. The third-order valence-electron chi connectivity index (χ3n) is 3.27. The van der Waals surface area contributed by atoms with E-state index in [1.165, 1.54) is 35.9 Å². The fourth-order valence-electron chi connectivity index (χ4n) is 1.93. The lowest BCUT2D eigenvalue weighted by atomic mass is 10.2. The van der Waals surface area contributed by atoms with Crippen LogP contribution < -0.4 is 10.6 Å². The lowest BCUT2D eigenvalue weighted by Crippen LogP contribution is -2.14. The molecule has 124 valence electrons. The van der Waals surface area contributed by atoms with E-state index >= 15 is 0 Å². The molecular weight excluding hydrogens is 362 g/mol. The van der Waals surface area contributed by atoms with E-state index in [9.17, 15) is 4.79 Å². The predicted molar refractivity (Wildman–Crippen MR) is 98.6 cm³/mol. The number of nitrogens with zero attached hydrogens (tertiary/aromatic N) is 3. The van der Waals surface area contributed by atoms with Crippen LogP contribution in [-0.4, -0.2) is 27.9 Å². The Morgan fingerprint density at radius 2 is 2.29 bits per heavy atom. The molecule has 0 saturated heterocycles. The molecule has 0 bridgehead atoms. The van der Waals surface area contributed by atoms with Crippen molar-refractivity contribution in [3.05, 3.63) is 23.8 Å². The third-order valence-corrected chi connectivity index (χ3v) is 5.84. The quantitative estimate of drug-likeness (QED) is 0.561. The van der Waals surface area contributed by atoms with Gasteiger partial charge in [-0.1, -0.05) is 23.1 Å². The lowest BCUT2D eigenvalue weighted by Gasteiger charge is -2.08. The summed E-state index contributed by atoms with van der Waals surface area (Å²) in [7, 11) is 0. The molecule has 9 heteroatoms. The molecular formula is C15H15N5OS3. The Labute approximate surface area is 152 Å². The number of nitrogens with one attached hydrogen (secondary N) is 2. The van der Waals surface area contributed by atoms with Crippen LogP contribution in [-0.2, 0) is 4.79 Å². The van der Waals surface area contributed by atoms with Gasteiger partial charge in [0.05, 0.1) is 5.75 Å². The number of rotatable bonds is 7. The number of thioether (sulfide) groups is 2. The molecule has 1 aliphatic rings. The molecule has 1 aromatic carbocycles. The van der Waals surface area contributed by atoms with Crippen molar-refractivity contribution in [3.63, 3.8) is 0 Å². The summed E-state index contributed by atoms with van der Waals surface area (Å²) in [5.74, 6) is 0.197. The van der Waals surface area contributed by atoms with Crippen LogP contribution in [0.1, 0.15) is 18.4 Å². The standard InChI is InChI=1S/C15H15N5OS3/c1-9-6-11(23-8-16)4-5-12(9)18-13(21)7-22-15-20-19-14(24-15)17-10-2-3-10/h4-6,10H,2-3,7H2,1H3,(H,17,19)(H,18,21). The number of carbonyl (C=O) groups is 1. The van der Waals surface area contributed by atoms with E-state index in [0.717, 1.165) is 37.4 Å². The Hall–Kier alpha value is -1.76. The van der Waals surface area contributed by atoms with Crippen LogP contribution in [0.15, 0.2) is 27.4 Å². The molecule has 1 saturated carbocycles. The molecule has 3 rings (SSSR count). The number of amides is 1. The fourth-order valence-corrected chi connectivity index (χ4v) is 4.04. The first kappa shape index (κ1) is 17.1. The number of hydrogen-bond acceptors (Lipinski definition) is 8. The maximum atomic E-state index is 12.1. The number of anilines is 2. The van der Waals surface area contributed by atoms with E-state index in [0.29, 0.717) is 6.04 Å². The van der Waals surface area contributed by atoms with Gasteiger partial charge in [0.25, 0.3) is 0 Å². The molecule has 1 fully saturated rings. The minimum atomic E-state index is -0.0873. The minimum absolute atomic E-state index is 0.0873. The number of carbonyl (C=O) groups excluding carboxylic acids is 1. The van der Waals surface area contributed by atoms with Crippen molar-refractivity contribution >= 4 is 51.6 Å². The van der Waals surface area contributed by atoms with Gasteiger partial charge in [0, 0.05) is 16.6 Å². The van der Waals surface area contributed by atoms with E-state index in [-0.39, 0.29) is 11.7 Å². The van der Waals surface area contributed by atoms with Crippen molar-refractivity contribution in [1.82, 2.24) is 10.2 Å². The molecule has 0 aliphatic heterocycles. The number of nitriles is 1. The largest absolute Gasteiger partial charge is 0.357 e. The van der Waals surface area contributed by atoms with Crippen molar-refractivity contribution in [2.24, 2.45) is 0 Å². The van der Waals surface area contributed by atoms with Gasteiger partial charge in [-0.3, -0.25) is 4.79 Å². The first-order valence-electron chi connectivity index (χ1n) is 7.33. The van der Waals surface area contributed by atoms with E-state index < -0.39 is 0 Å². The Kier molecular flexibility index (Phi) is 5.60. The molecule has 2 aromatic rings. The zero-order chi connectivity index (χ0) is 16.9. The van der Waals surface area contributed by atoms with Crippen molar-refractivity contribution in [2.45, 2.75) is 35.0 Å². The highest BCUT2D eigenvalue weighted by molar-refractivity contribution is 8.03. The summed E-state index contributed by atoms with van der Waals surface area (Å²) in [6.07, 6.45) is 2.38. The second-order valence-corrected chi connectivity index (χ2v) is 8.36. The third kappa shape index (κ3) is 4.87. The monoisotopic (exact) mass is 377 g/mol. The maximum Gasteiger partial charge on any atom is 0.234 e. The highest BCUT2D eigenvalue weighted by atomic mass is 32.2. The molecule has 1 heterocycles. The van der Waals surface area contributed by atoms with Crippen molar-refractivity contribution in [2.75, 3.05) is 16.4 Å². The summed E-state index contributed by atoms with van der Waals surface area (Å²) in [6, 6.07) is 6.07.